The van der Waals surface area contributed by atoms with Crippen molar-refractivity contribution in [2.75, 3.05) is 19.6 Å². The number of nitrogens with two attached hydrogens (primary N) is 1. The van der Waals surface area contributed by atoms with Crippen molar-refractivity contribution in [1.29, 1.82) is 0 Å². The molecule has 1 fully saturated rings. The average Bonchev–Trinajstić information content (AvgIpc) is 2.73. The van der Waals surface area contributed by atoms with E-state index >= 15 is 0 Å². The molecule has 1 heterocycles. The average molecular weight is 236 g/mol. The molecule has 3 heteroatoms. The molecule has 1 aromatic carbocycles. The standard InChI is InChI=1S/C14H21FN2/c1-11(12-3-5-13(15)6-4-12)17-8-7-14(2,9-16)10-17/h3-6,11H,7-10,16H2,1-2H3. The molecule has 2 nitrogen and oxygen atoms in total. The van der Waals surface area contributed by atoms with Gasteiger partial charge in [0, 0.05) is 12.6 Å². The van der Waals surface area contributed by atoms with E-state index in [-0.39, 0.29) is 11.2 Å². The monoisotopic (exact) mass is 236 g/mol. The summed E-state index contributed by atoms with van der Waals surface area (Å²) >= 11 is 0. The number of nitrogens with zero attached hydrogens (tertiary/aromatic N) is 1. The summed E-state index contributed by atoms with van der Waals surface area (Å²) in [4.78, 5) is 2.43. The zero-order chi connectivity index (χ0) is 12.5. The van der Waals surface area contributed by atoms with Crippen LogP contribution in [0.25, 0.3) is 0 Å². The largest absolute Gasteiger partial charge is 0.330 e. The third-order valence-corrected chi connectivity index (χ3v) is 3.98. The van der Waals surface area contributed by atoms with Crippen LogP contribution in [0.15, 0.2) is 24.3 Å². The van der Waals surface area contributed by atoms with Gasteiger partial charge in [0.15, 0.2) is 0 Å². The Morgan fingerprint density at radius 2 is 2.06 bits per heavy atom. The molecule has 2 rings (SSSR count). The zero-order valence-corrected chi connectivity index (χ0v) is 10.6. The summed E-state index contributed by atoms with van der Waals surface area (Å²) in [5.41, 5.74) is 7.23. The highest BCUT2D eigenvalue weighted by Gasteiger charge is 2.34. The van der Waals surface area contributed by atoms with Crippen LogP contribution in [0.4, 0.5) is 4.39 Å². The summed E-state index contributed by atoms with van der Waals surface area (Å²) in [5, 5.41) is 0. The minimum Gasteiger partial charge on any atom is -0.330 e. The third kappa shape index (κ3) is 2.67. The van der Waals surface area contributed by atoms with Crippen LogP contribution in [0.2, 0.25) is 0 Å². The Labute approximate surface area is 103 Å². The lowest BCUT2D eigenvalue weighted by molar-refractivity contribution is 0.227. The van der Waals surface area contributed by atoms with Gasteiger partial charge in [-0.2, -0.15) is 0 Å². The third-order valence-electron chi connectivity index (χ3n) is 3.98. The molecule has 0 aliphatic carbocycles. The van der Waals surface area contributed by atoms with Crippen molar-refractivity contribution in [2.45, 2.75) is 26.3 Å². The van der Waals surface area contributed by atoms with E-state index in [1.807, 2.05) is 12.1 Å². The summed E-state index contributed by atoms with van der Waals surface area (Å²) < 4.78 is 12.9. The van der Waals surface area contributed by atoms with Gasteiger partial charge in [-0.15, -0.1) is 0 Å². The van der Waals surface area contributed by atoms with Gasteiger partial charge in [0.25, 0.3) is 0 Å². The highest BCUT2D eigenvalue weighted by molar-refractivity contribution is 5.19. The van der Waals surface area contributed by atoms with Crippen LogP contribution in [-0.2, 0) is 0 Å². The van der Waals surface area contributed by atoms with Gasteiger partial charge in [0.1, 0.15) is 5.82 Å². The molecule has 0 saturated carbocycles. The van der Waals surface area contributed by atoms with Gasteiger partial charge in [0.05, 0.1) is 0 Å². The number of rotatable bonds is 3. The molecule has 94 valence electrons. The van der Waals surface area contributed by atoms with Gasteiger partial charge in [-0.25, -0.2) is 4.39 Å². The van der Waals surface area contributed by atoms with E-state index in [4.69, 9.17) is 5.73 Å². The summed E-state index contributed by atoms with van der Waals surface area (Å²) in [7, 11) is 0. The first-order chi connectivity index (χ1) is 8.04. The molecule has 2 N–H and O–H groups in total. The zero-order valence-electron chi connectivity index (χ0n) is 10.6. The highest BCUT2D eigenvalue weighted by Crippen LogP contribution is 2.34. The Kier molecular flexibility index (Phi) is 3.50. The quantitative estimate of drug-likeness (QED) is 0.874. The molecule has 1 aliphatic heterocycles. The number of likely N-dealkylation sites (tertiary alicyclic amines) is 1. The Balaban J connectivity index is 2.06. The molecule has 0 radical (unpaired) electrons. The minimum atomic E-state index is -0.172. The fraction of sp³-hybridized carbons (Fsp3) is 0.571. The molecule has 1 aliphatic rings. The molecule has 2 unspecified atom stereocenters. The van der Waals surface area contributed by atoms with Crippen LogP contribution in [0.3, 0.4) is 0 Å². The number of hydrogen-bond donors (Lipinski definition) is 1. The molecule has 0 spiro atoms. The van der Waals surface area contributed by atoms with Crippen molar-refractivity contribution in [3.8, 4) is 0 Å². The van der Waals surface area contributed by atoms with Gasteiger partial charge < -0.3 is 5.73 Å². The maximum atomic E-state index is 12.9. The first-order valence-electron chi connectivity index (χ1n) is 6.24. The van der Waals surface area contributed by atoms with Gasteiger partial charge in [-0.3, -0.25) is 4.90 Å². The fourth-order valence-electron chi connectivity index (χ4n) is 2.51. The SMILES string of the molecule is CC(c1ccc(F)cc1)N1CCC(C)(CN)C1. The number of hydrogen-bond acceptors (Lipinski definition) is 2. The smallest absolute Gasteiger partial charge is 0.123 e. The molecule has 0 aromatic heterocycles. The summed E-state index contributed by atoms with van der Waals surface area (Å²) in [5.74, 6) is -0.172. The second-order valence-corrected chi connectivity index (χ2v) is 5.46. The van der Waals surface area contributed by atoms with E-state index in [9.17, 15) is 4.39 Å². The highest BCUT2D eigenvalue weighted by atomic mass is 19.1. The van der Waals surface area contributed by atoms with Crippen LogP contribution in [0.1, 0.15) is 31.9 Å². The van der Waals surface area contributed by atoms with Crippen LogP contribution >= 0.6 is 0 Å². The minimum absolute atomic E-state index is 0.172. The molecule has 2 atom stereocenters. The van der Waals surface area contributed by atoms with E-state index in [2.05, 4.69) is 18.7 Å². The molecule has 0 amide bonds. The molecule has 1 aromatic rings. The maximum absolute atomic E-state index is 12.9. The van der Waals surface area contributed by atoms with E-state index < -0.39 is 0 Å². The van der Waals surface area contributed by atoms with Gasteiger partial charge in [0.2, 0.25) is 0 Å². The Morgan fingerprint density at radius 1 is 1.41 bits per heavy atom. The van der Waals surface area contributed by atoms with Crippen molar-refractivity contribution in [2.24, 2.45) is 11.1 Å². The van der Waals surface area contributed by atoms with Crippen LogP contribution in [0.5, 0.6) is 0 Å². The van der Waals surface area contributed by atoms with Crippen LogP contribution in [-0.4, -0.2) is 24.5 Å². The molecule has 0 bridgehead atoms. The second-order valence-electron chi connectivity index (χ2n) is 5.46. The second kappa shape index (κ2) is 4.75. The maximum Gasteiger partial charge on any atom is 0.123 e. The Morgan fingerprint density at radius 3 is 2.59 bits per heavy atom. The van der Waals surface area contributed by atoms with Crippen LogP contribution < -0.4 is 5.73 Å². The topological polar surface area (TPSA) is 29.3 Å². The van der Waals surface area contributed by atoms with Crippen molar-refractivity contribution < 1.29 is 4.39 Å². The van der Waals surface area contributed by atoms with Gasteiger partial charge in [-0.05, 0) is 49.5 Å². The van der Waals surface area contributed by atoms with E-state index in [0.29, 0.717) is 6.04 Å². The molecule has 1 saturated heterocycles. The van der Waals surface area contributed by atoms with E-state index in [1.165, 1.54) is 17.7 Å². The predicted octanol–water partition coefficient (Wildman–Crippen LogP) is 2.56. The van der Waals surface area contributed by atoms with Crippen LogP contribution in [0, 0.1) is 11.2 Å². The normalized spacial score (nSPS) is 27.3. The first kappa shape index (κ1) is 12.5. The lowest BCUT2D eigenvalue weighted by Gasteiger charge is -2.27. The predicted molar refractivity (Wildman–Crippen MR) is 68.2 cm³/mol. The van der Waals surface area contributed by atoms with Gasteiger partial charge in [-0.1, -0.05) is 19.1 Å². The van der Waals surface area contributed by atoms with Gasteiger partial charge >= 0.3 is 0 Å². The fourth-order valence-corrected chi connectivity index (χ4v) is 2.51. The van der Waals surface area contributed by atoms with Crippen molar-refractivity contribution in [1.82, 2.24) is 4.90 Å². The lowest BCUT2D eigenvalue weighted by Crippen LogP contribution is -2.32. The molecular formula is C14H21FN2. The Bertz CT molecular complexity index is 376. The molecule has 17 heavy (non-hydrogen) atoms. The number of halogens is 1. The van der Waals surface area contributed by atoms with Crippen molar-refractivity contribution in [3.05, 3.63) is 35.6 Å². The summed E-state index contributed by atoms with van der Waals surface area (Å²) in [6.07, 6.45) is 1.15. The molecular weight excluding hydrogens is 215 g/mol. The summed E-state index contributed by atoms with van der Waals surface area (Å²) in [6, 6.07) is 7.15. The van der Waals surface area contributed by atoms with Crippen molar-refractivity contribution in [3.63, 3.8) is 0 Å². The van der Waals surface area contributed by atoms with E-state index in [0.717, 1.165) is 26.1 Å². The first-order valence-corrected chi connectivity index (χ1v) is 6.24. The Hall–Kier alpha value is -0.930. The lowest BCUT2D eigenvalue weighted by atomic mass is 9.90. The summed E-state index contributed by atoms with van der Waals surface area (Å²) in [6.45, 7) is 7.26. The number of benzene rings is 1. The van der Waals surface area contributed by atoms with E-state index in [1.54, 1.807) is 0 Å². The van der Waals surface area contributed by atoms with Crippen molar-refractivity contribution >= 4 is 0 Å².